The van der Waals surface area contributed by atoms with Gasteiger partial charge in [0.2, 0.25) is 5.91 Å². The van der Waals surface area contributed by atoms with Gasteiger partial charge in [-0.2, -0.15) is 0 Å². The first-order valence-electron chi connectivity index (χ1n) is 6.94. The van der Waals surface area contributed by atoms with Gasteiger partial charge in [-0.25, -0.2) is 0 Å². The Bertz CT molecular complexity index is 445. The van der Waals surface area contributed by atoms with Crippen molar-refractivity contribution in [3.8, 4) is 0 Å². The van der Waals surface area contributed by atoms with Gasteiger partial charge < -0.3 is 4.90 Å². The van der Waals surface area contributed by atoms with E-state index in [9.17, 15) is 4.79 Å². The predicted octanol–water partition coefficient (Wildman–Crippen LogP) is 3.44. The van der Waals surface area contributed by atoms with Crippen LogP contribution in [0.3, 0.4) is 0 Å². The summed E-state index contributed by atoms with van der Waals surface area (Å²) in [5, 5.41) is 0. The van der Waals surface area contributed by atoms with Crippen LogP contribution in [-0.4, -0.2) is 29.3 Å². The number of benzene rings is 1. The standard InChI is InChI=1S/C16H22ClNO/c1-12(2)18-11-14(9-10-17)16(3,15(18)19)13-7-5-4-6-8-13/h4-8,12,14H,9-11H2,1-3H3/t14-,16+/m1/s1. The average molecular weight is 280 g/mol. The third kappa shape index (κ3) is 2.38. The van der Waals surface area contributed by atoms with Crippen LogP contribution in [0.5, 0.6) is 0 Å². The van der Waals surface area contributed by atoms with Crippen LogP contribution in [0.2, 0.25) is 0 Å². The SMILES string of the molecule is CC(C)N1C[C@@H](CCCl)[C@](C)(c2ccccc2)C1=O. The Morgan fingerprint density at radius 1 is 1.37 bits per heavy atom. The molecule has 1 heterocycles. The van der Waals surface area contributed by atoms with E-state index in [0.29, 0.717) is 11.8 Å². The molecule has 0 bridgehead atoms. The molecular formula is C16H22ClNO. The highest BCUT2D eigenvalue weighted by Crippen LogP contribution is 2.42. The summed E-state index contributed by atoms with van der Waals surface area (Å²) in [5.41, 5.74) is 0.679. The third-order valence-electron chi connectivity index (χ3n) is 4.39. The molecule has 3 heteroatoms. The number of rotatable bonds is 4. The summed E-state index contributed by atoms with van der Waals surface area (Å²) in [5.74, 6) is 1.14. The van der Waals surface area contributed by atoms with Gasteiger partial charge >= 0.3 is 0 Å². The third-order valence-corrected chi connectivity index (χ3v) is 4.61. The van der Waals surface area contributed by atoms with Gasteiger partial charge in [0.05, 0.1) is 5.41 Å². The molecule has 1 aliphatic heterocycles. The highest BCUT2D eigenvalue weighted by atomic mass is 35.5. The lowest BCUT2D eigenvalue weighted by Crippen LogP contribution is -2.40. The molecule has 0 unspecified atom stereocenters. The Labute approximate surface area is 120 Å². The van der Waals surface area contributed by atoms with Gasteiger partial charge in [-0.05, 0) is 38.7 Å². The molecule has 1 aliphatic rings. The second-order valence-corrected chi connectivity index (χ2v) is 6.17. The maximum absolute atomic E-state index is 12.8. The van der Waals surface area contributed by atoms with Crippen molar-refractivity contribution in [3.63, 3.8) is 0 Å². The second kappa shape index (κ2) is 5.54. The zero-order valence-electron chi connectivity index (χ0n) is 11.9. The number of hydrogen-bond acceptors (Lipinski definition) is 1. The van der Waals surface area contributed by atoms with Crippen LogP contribution >= 0.6 is 11.6 Å². The van der Waals surface area contributed by atoms with E-state index in [-0.39, 0.29) is 11.9 Å². The number of hydrogen-bond donors (Lipinski definition) is 0. The van der Waals surface area contributed by atoms with Gasteiger partial charge in [-0.3, -0.25) is 4.79 Å². The lowest BCUT2D eigenvalue weighted by molar-refractivity contribution is -0.133. The van der Waals surface area contributed by atoms with Crippen molar-refractivity contribution in [2.75, 3.05) is 12.4 Å². The summed E-state index contributed by atoms with van der Waals surface area (Å²) in [6, 6.07) is 10.4. The van der Waals surface area contributed by atoms with Gasteiger partial charge in [0, 0.05) is 18.5 Å². The summed E-state index contributed by atoms with van der Waals surface area (Å²) in [6.45, 7) is 7.04. The highest BCUT2D eigenvalue weighted by Gasteiger charge is 2.51. The molecular weight excluding hydrogens is 258 g/mol. The molecule has 1 aromatic rings. The van der Waals surface area contributed by atoms with E-state index in [4.69, 9.17) is 11.6 Å². The molecule has 0 aromatic heterocycles. The van der Waals surface area contributed by atoms with Gasteiger partial charge in [-0.15, -0.1) is 11.6 Å². The van der Waals surface area contributed by atoms with E-state index >= 15 is 0 Å². The summed E-state index contributed by atoms with van der Waals surface area (Å²) in [4.78, 5) is 14.8. The van der Waals surface area contributed by atoms with Crippen molar-refractivity contribution in [3.05, 3.63) is 35.9 Å². The second-order valence-electron chi connectivity index (χ2n) is 5.79. The van der Waals surface area contributed by atoms with Crippen LogP contribution in [0.15, 0.2) is 30.3 Å². The van der Waals surface area contributed by atoms with Crippen molar-refractivity contribution in [1.29, 1.82) is 0 Å². The van der Waals surface area contributed by atoms with E-state index in [1.54, 1.807) is 0 Å². The lowest BCUT2D eigenvalue weighted by Gasteiger charge is -2.29. The van der Waals surface area contributed by atoms with Crippen molar-refractivity contribution >= 4 is 17.5 Å². The van der Waals surface area contributed by atoms with Crippen LogP contribution in [0.4, 0.5) is 0 Å². The zero-order valence-corrected chi connectivity index (χ0v) is 12.7. The van der Waals surface area contributed by atoms with Crippen LogP contribution in [0.1, 0.15) is 32.8 Å². The fraction of sp³-hybridized carbons (Fsp3) is 0.562. The zero-order chi connectivity index (χ0) is 14.0. The Morgan fingerprint density at radius 2 is 2.00 bits per heavy atom. The number of halogens is 1. The number of likely N-dealkylation sites (tertiary alicyclic amines) is 1. The van der Waals surface area contributed by atoms with E-state index < -0.39 is 5.41 Å². The Hall–Kier alpha value is -1.02. The monoisotopic (exact) mass is 279 g/mol. The number of alkyl halides is 1. The average Bonchev–Trinajstić information content (AvgIpc) is 2.66. The van der Waals surface area contributed by atoms with Crippen LogP contribution < -0.4 is 0 Å². The van der Waals surface area contributed by atoms with Crippen LogP contribution in [0.25, 0.3) is 0 Å². The molecule has 1 amide bonds. The Kier molecular flexibility index (Phi) is 4.19. The van der Waals surface area contributed by atoms with Crippen LogP contribution in [-0.2, 0) is 10.2 Å². The number of carbonyl (C=O) groups excluding carboxylic acids is 1. The van der Waals surface area contributed by atoms with Gasteiger partial charge in [0.15, 0.2) is 0 Å². The van der Waals surface area contributed by atoms with E-state index in [2.05, 4.69) is 32.9 Å². The molecule has 1 aromatic carbocycles. The molecule has 0 saturated carbocycles. The molecule has 0 radical (unpaired) electrons. The highest BCUT2D eigenvalue weighted by molar-refractivity contribution is 6.17. The topological polar surface area (TPSA) is 20.3 Å². The maximum Gasteiger partial charge on any atom is 0.233 e. The minimum atomic E-state index is -0.430. The van der Waals surface area contributed by atoms with Crippen molar-refractivity contribution in [1.82, 2.24) is 4.90 Å². The van der Waals surface area contributed by atoms with Crippen molar-refractivity contribution < 1.29 is 4.79 Å². The fourth-order valence-electron chi connectivity index (χ4n) is 3.08. The molecule has 1 saturated heterocycles. The quantitative estimate of drug-likeness (QED) is 0.773. The summed E-state index contributed by atoms with van der Waals surface area (Å²) >= 11 is 5.94. The maximum atomic E-state index is 12.8. The largest absolute Gasteiger partial charge is 0.339 e. The summed E-state index contributed by atoms with van der Waals surface area (Å²) in [7, 11) is 0. The van der Waals surface area contributed by atoms with Gasteiger partial charge in [-0.1, -0.05) is 30.3 Å². The van der Waals surface area contributed by atoms with E-state index in [1.807, 2.05) is 23.1 Å². The van der Waals surface area contributed by atoms with Crippen molar-refractivity contribution in [2.45, 2.75) is 38.6 Å². The van der Waals surface area contributed by atoms with E-state index in [0.717, 1.165) is 18.5 Å². The number of amides is 1. The Balaban J connectivity index is 2.42. The lowest BCUT2D eigenvalue weighted by atomic mass is 9.72. The first kappa shape index (κ1) is 14.4. The number of carbonyl (C=O) groups is 1. The molecule has 2 rings (SSSR count). The summed E-state index contributed by atoms with van der Waals surface area (Å²) < 4.78 is 0. The smallest absolute Gasteiger partial charge is 0.233 e. The fourth-order valence-corrected chi connectivity index (χ4v) is 3.34. The number of nitrogens with zero attached hydrogens (tertiary/aromatic N) is 1. The molecule has 0 N–H and O–H groups in total. The molecule has 19 heavy (non-hydrogen) atoms. The Morgan fingerprint density at radius 3 is 2.53 bits per heavy atom. The summed E-state index contributed by atoms with van der Waals surface area (Å²) in [6.07, 6.45) is 0.877. The molecule has 1 fully saturated rings. The molecule has 104 valence electrons. The van der Waals surface area contributed by atoms with Crippen LogP contribution in [0, 0.1) is 5.92 Å². The predicted molar refractivity (Wildman–Crippen MR) is 79.5 cm³/mol. The molecule has 0 aliphatic carbocycles. The minimum absolute atomic E-state index is 0.240. The minimum Gasteiger partial charge on any atom is -0.339 e. The van der Waals surface area contributed by atoms with Gasteiger partial charge in [0.1, 0.15) is 0 Å². The van der Waals surface area contributed by atoms with Gasteiger partial charge in [0.25, 0.3) is 0 Å². The van der Waals surface area contributed by atoms with Crippen molar-refractivity contribution in [2.24, 2.45) is 5.92 Å². The molecule has 0 spiro atoms. The van der Waals surface area contributed by atoms with E-state index in [1.165, 1.54) is 0 Å². The first-order valence-corrected chi connectivity index (χ1v) is 7.47. The molecule has 2 nitrogen and oxygen atoms in total. The first-order chi connectivity index (χ1) is 9.01. The molecule has 2 atom stereocenters. The normalized spacial score (nSPS) is 27.3.